The molecule has 1 N–H and O–H groups in total. The lowest BCUT2D eigenvalue weighted by Crippen LogP contribution is -2.35. The fraction of sp³-hybridized carbons (Fsp3) is 0.333. The molecule has 1 aliphatic heterocycles. The fourth-order valence-electron chi connectivity index (χ4n) is 3.10. The number of carbonyl (C=O) groups excluding carboxylic acids is 2. The van der Waals surface area contributed by atoms with Crippen LogP contribution in [0, 0.1) is 0 Å². The number of benzene rings is 2. The van der Waals surface area contributed by atoms with Gasteiger partial charge in [0, 0.05) is 12.6 Å². The maximum atomic E-state index is 13.1. The van der Waals surface area contributed by atoms with Crippen LogP contribution in [0.5, 0.6) is 0 Å². The zero-order chi connectivity index (χ0) is 21.0. The Morgan fingerprint density at radius 1 is 1.17 bits per heavy atom. The number of para-hydroxylation sites is 1. The molecule has 2 aromatic carbocycles. The van der Waals surface area contributed by atoms with Gasteiger partial charge in [-0.2, -0.15) is 0 Å². The minimum atomic E-state index is -3.81. The van der Waals surface area contributed by atoms with Gasteiger partial charge in [-0.25, -0.2) is 13.2 Å². The summed E-state index contributed by atoms with van der Waals surface area (Å²) in [5.41, 5.74) is 1.70. The maximum Gasteiger partial charge on any atom is 0.338 e. The third-order valence-electron chi connectivity index (χ3n) is 4.86. The first kappa shape index (κ1) is 20.9. The zero-order valence-corrected chi connectivity index (χ0v) is 17.2. The van der Waals surface area contributed by atoms with E-state index < -0.39 is 28.5 Å². The molecule has 0 saturated heterocycles. The van der Waals surface area contributed by atoms with Crippen molar-refractivity contribution in [1.29, 1.82) is 0 Å². The van der Waals surface area contributed by atoms with Crippen LogP contribution in [0.3, 0.4) is 0 Å². The molecule has 154 valence electrons. The number of rotatable bonds is 7. The average Bonchev–Trinajstić information content (AvgIpc) is 3.17. The van der Waals surface area contributed by atoms with Gasteiger partial charge in [0.2, 0.25) is 0 Å². The minimum Gasteiger partial charge on any atom is -0.452 e. The van der Waals surface area contributed by atoms with Gasteiger partial charge in [-0.3, -0.25) is 9.10 Å². The van der Waals surface area contributed by atoms with Crippen molar-refractivity contribution in [3.8, 4) is 0 Å². The molecule has 29 heavy (non-hydrogen) atoms. The Bertz CT molecular complexity index is 1020. The van der Waals surface area contributed by atoms with Crippen molar-refractivity contribution in [2.24, 2.45) is 0 Å². The summed E-state index contributed by atoms with van der Waals surface area (Å²) in [7, 11) is -3.81. The molecule has 0 saturated carbocycles. The van der Waals surface area contributed by atoms with Crippen molar-refractivity contribution in [2.75, 3.05) is 17.5 Å². The first-order chi connectivity index (χ1) is 13.8. The second kappa shape index (κ2) is 8.65. The summed E-state index contributed by atoms with van der Waals surface area (Å²) < 4.78 is 32.6. The van der Waals surface area contributed by atoms with E-state index >= 15 is 0 Å². The molecule has 1 atom stereocenters. The van der Waals surface area contributed by atoms with Crippen LogP contribution >= 0.6 is 0 Å². The molecule has 8 heteroatoms. The molecule has 0 radical (unpaired) electrons. The monoisotopic (exact) mass is 416 g/mol. The van der Waals surface area contributed by atoms with Crippen molar-refractivity contribution in [3.05, 3.63) is 59.7 Å². The number of anilines is 1. The number of amides is 1. The summed E-state index contributed by atoms with van der Waals surface area (Å²) in [6, 6.07) is 13.0. The molecule has 0 unspecified atom stereocenters. The van der Waals surface area contributed by atoms with Crippen molar-refractivity contribution in [3.63, 3.8) is 0 Å². The Kier molecular flexibility index (Phi) is 6.22. The second-order valence-corrected chi connectivity index (χ2v) is 8.80. The summed E-state index contributed by atoms with van der Waals surface area (Å²) in [5, 5.41) is 2.70. The van der Waals surface area contributed by atoms with Gasteiger partial charge in [0.15, 0.2) is 6.61 Å². The van der Waals surface area contributed by atoms with Crippen LogP contribution in [0.2, 0.25) is 0 Å². The Morgan fingerprint density at radius 3 is 2.69 bits per heavy atom. The first-order valence-electron chi connectivity index (χ1n) is 9.50. The summed E-state index contributed by atoms with van der Waals surface area (Å²) in [5.74, 6) is -1.15. The maximum absolute atomic E-state index is 13.1. The summed E-state index contributed by atoms with van der Waals surface area (Å²) >= 11 is 0. The van der Waals surface area contributed by atoms with E-state index in [1.54, 1.807) is 12.1 Å². The predicted molar refractivity (Wildman–Crippen MR) is 109 cm³/mol. The molecule has 0 fully saturated rings. The van der Waals surface area contributed by atoms with Crippen LogP contribution in [0.4, 0.5) is 5.69 Å². The smallest absolute Gasteiger partial charge is 0.338 e. The van der Waals surface area contributed by atoms with Crippen LogP contribution in [-0.2, 0) is 26.0 Å². The highest BCUT2D eigenvalue weighted by Gasteiger charge is 2.31. The summed E-state index contributed by atoms with van der Waals surface area (Å²) in [6.07, 6.45) is 1.40. The van der Waals surface area contributed by atoms with Gasteiger partial charge >= 0.3 is 5.97 Å². The molecular weight excluding hydrogens is 392 g/mol. The zero-order valence-electron chi connectivity index (χ0n) is 16.4. The first-order valence-corrected chi connectivity index (χ1v) is 10.9. The number of ether oxygens (including phenoxy) is 1. The molecule has 0 bridgehead atoms. The van der Waals surface area contributed by atoms with Gasteiger partial charge < -0.3 is 10.1 Å². The van der Waals surface area contributed by atoms with E-state index in [0.29, 0.717) is 18.7 Å². The highest BCUT2D eigenvalue weighted by molar-refractivity contribution is 7.92. The van der Waals surface area contributed by atoms with Crippen molar-refractivity contribution < 1.29 is 22.7 Å². The van der Waals surface area contributed by atoms with Crippen LogP contribution < -0.4 is 9.62 Å². The van der Waals surface area contributed by atoms with Gasteiger partial charge in [0.1, 0.15) is 0 Å². The van der Waals surface area contributed by atoms with E-state index in [2.05, 4.69) is 5.32 Å². The Hall–Kier alpha value is -2.87. The fourth-order valence-corrected chi connectivity index (χ4v) is 4.65. The Labute approximate surface area is 170 Å². The van der Waals surface area contributed by atoms with Crippen LogP contribution in [0.1, 0.15) is 36.2 Å². The number of fused-ring (bicyclic) bond motifs is 1. The van der Waals surface area contributed by atoms with Gasteiger partial charge in [0.05, 0.1) is 16.1 Å². The summed E-state index contributed by atoms with van der Waals surface area (Å²) in [4.78, 5) is 24.1. The van der Waals surface area contributed by atoms with Crippen LogP contribution in [0.15, 0.2) is 53.4 Å². The molecule has 1 amide bonds. The molecule has 7 nitrogen and oxygen atoms in total. The number of nitrogens with zero attached hydrogens (tertiary/aromatic N) is 1. The molecule has 0 aliphatic carbocycles. The Morgan fingerprint density at radius 2 is 1.93 bits per heavy atom. The molecule has 0 spiro atoms. The number of hydrogen-bond acceptors (Lipinski definition) is 5. The molecule has 2 aromatic rings. The van der Waals surface area contributed by atoms with E-state index in [1.165, 1.54) is 28.6 Å². The topological polar surface area (TPSA) is 92.8 Å². The van der Waals surface area contributed by atoms with Gasteiger partial charge in [0.25, 0.3) is 15.9 Å². The molecule has 3 rings (SSSR count). The van der Waals surface area contributed by atoms with E-state index in [9.17, 15) is 18.0 Å². The number of carbonyl (C=O) groups is 2. The van der Waals surface area contributed by atoms with E-state index in [-0.39, 0.29) is 16.5 Å². The highest BCUT2D eigenvalue weighted by Crippen LogP contribution is 2.32. The highest BCUT2D eigenvalue weighted by atomic mass is 32.2. The number of hydrogen-bond donors (Lipinski definition) is 1. The quantitative estimate of drug-likeness (QED) is 0.700. The van der Waals surface area contributed by atoms with Gasteiger partial charge in [-0.1, -0.05) is 31.2 Å². The number of esters is 1. The Balaban J connectivity index is 1.74. The van der Waals surface area contributed by atoms with E-state index in [4.69, 9.17) is 4.74 Å². The van der Waals surface area contributed by atoms with Crippen molar-refractivity contribution in [2.45, 2.75) is 37.6 Å². The SMILES string of the molecule is CC[C@H](C)NC(=O)COC(=O)c1cccc(S(=O)(=O)N2CCc3ccccc32)c1. The predicted octanol–water partition coefficient (Wildman–Crippen LogP) is 2.51. The molecule has 1 heterocycles. The number of nitrogens with one attached hydrogen (secondary N) is 1. The van der Waals surface area contributed by atoms with Gasteiger partial charge in [-0.05, 0) is 49.6 Å². The third kappa shape index (κ3) is 4.59. The largest absolute Gasteiger partial charge is 0.452 e. The van der Waals surface area contributed by atoms with Crippen LogP contribution in [0.25, 0.3) is 0 Å². The lowest BCUT2D eigenvalue weighted by atomic mass is 10.2. The third-order valence-corrected chi connectivity index (χ3v) is 6.67. The minimum absolute atomic E-state index is 0.00714. The van der Waals surface area contributed by atoms with E-state index in [1.807, 2.05) is 26.0 Å². The standard InChI is InChI=1S/C21H24N2O5S/c1-3-15(2)22-20(24)14-28-21(25)17-8-6-9-18(13-17)29(26,27)23-12-11-16-7-4-5-10-19(16)23/h4-10,13,15H,3,11-12,14H2,1-2H3,(H,22,24)/t15-/m0/s1. The molecule has 0 aromatic heterocycles. The average molecular weight is 416 g/mol. The van der Waals surface area contributed by atoms with Crippen molar-refractivity contribution >= 4 is 27.6 Å². The lowest BCUT2D eigenvalue weighted by Gasteiger charge is -2.19. The second-order valence-electron chi connectivity index (χ2n) is 6.94. The lowest BCUT2D eigenvalue weighted by molar-refractivity contribution is -0.124. The normalized spacial score (nSPS) is 14.2. The molecular formula is C21H24N2O5S. The molecule has 1 aliphatic rings. The van der Waals surface area contributed by atoms with Gasteiger partial charge in [-0.15, -0.1) is 0 Å². The van der Waals surface area contributed by atoms with E-state index in [0.717, 1.165) is 12.0 Å². The summed E-state index contributed by atoms with van der Waals surface area (Å²) in [6.45, 7) is 3.72. The van der Waals surface area contributed by atoms with Crippen LogP contribution in [-0.4, -0.2) is 39.5 Å². The number of sulfonamides is 1. The van der Waals surface area contributed by atoms with Crippen molar-refractivity contribution in [1.82, 2.24) is 5.32 Å².